The highest BCUT2D eigenvalue weighted by Crippen LogP contribution is 2.29. The summed E-state index contributed by atoms with van der Waals surface area (Å²) in [7, 11) is 0. The lowest BCUT2D eigenvalue weighted by Crippen LogP contribution is -2.08. The second-order valence-electron chi connectivity index (χ2n) is 6.19. The van der Waals surface area contributed by atoms with Gasteiger partial charge >= 0.3 is 5.97 Å². The first kappa shape index (κ1) is 19.1. The van der Waals surface area contributed by atoms with Crippen LogP contribution in [0.2, 0.25) is 0 Å². The van der Waals surface area contributed by atoms with E-state index in [2.05, 4.69) is 11.1 Å². The van der Waals surface area contributed by atoms with E-state index >= 15 is 0 Å². The van der Waals surface area contributed by atoms with Crippen LogP contribution in [0.25, 0.3) is 21.8 Å². The van der Waals surface area contributed by atoms with Gasteiger partial charge in [-0.25, -0.2) is 9.78 Å². The van der Waals surface area contributed by atoms with E-state index in [0.29, 0.717) is 60.0 Å². The van der Waals surface area contributed by atoms with Crippen LogP contribution < -0.4 is 4.74 Å². The third-order valence-corrected chi connectivity index (χ3v) is 4.22. The highest BCUT2D eigenvalue weighted by molar-refractivity contribution is 6.14. The number of fused-ring (bicyclic) bond motifs is 2. The van der Waals surface area contributed by atoms with Gasteiger partial charge in [0.05, 0.1) is 41.9 Å². The standard InChI is InChI=1S/C22H19N3O3/c23-11-3-5-13-27-16-9-10-18-20(15-16)25-19-8-2-1-7-17(19)21(18)22(26)28-14-6-4-12-24/h1-2,7-10,15H,3-6,13-14H2. The molecule has 140 valence electrons. The van der Waals surface area contributed by atoms with E-state index in [1.165, 1.54) is 0 Å². The summed E-state index contributed by atoms with van der Waals surface area (Å²) >= 11 is 0. The van der Waals surface area contributed by atoms with Gasteiger partial charge in [0.25, 0.3) is 0 Å². The highest BCUT2D eigenvalue weighted by Gasteiger charge is 2.17. The predicted octanol–water partition coefficient (Wildman–Crippen LogP) is 4.53. The average Bonchev–Trinajstić information content (AvgIpc) is 2.72. The molecule has 0 amide bonds. The molecule has 2 aromatic carbocycles. The molecule has 1 heterocycles. The molecule has 1 aromatic heterocycles. The number of nitrogens with zero attached hydrogens (tertiary/aromatic N) is 3. The van der Waals surface area contributed by atoms with Crippen LogP contribution in [0.4, 0.5) is 0 Å². The Hall–Kier alpha value is -3.64. The maximum absolute atomic E-state index is 12.8. The van der Waals surface area contributed by atoms with Crippen LogP contribution in [0, 0.1) is 22.7 Å². The molecule has 0 unspecified atom stereocenters. The third kappa shape index (κ3) is 4.36. The number of esters is 1. The molecule has 6 nitrogen and oxygen atoms in total. The van der Waals surface area contributed by atoms with Gasteiger partial charge in [0.15, 0.2) is 0 Å². The van der Waals surface area contributed by atoms with Crippen molar-refractivity contribution < 1.29 is 14.3 Å². The van der Waals surface area contributed by atoms with Crippen LogP contribution in [0.5, 0.6) is 5.75 Å². The van der Waals surface area contributed by atoms with E-state index in [1.54, 1.807) is 18.2 Å². The Kier molecular flexibility index (Phi) is 6.38. The van der Waals surface area contributed by atoms with Gasteiger partial charge in [-0.2, -0.15) is 10.5 Å². The summed E-state index contributed by atoms with van der Waals surface area (Å²) in [6.07, 6.45) is 1.94. The lowest BCUT2D eigenvalue weighted by molar-refractivity contribution is 0.0506. The topological polar surface area (TPSA) is 96.0 Å². The molecular formula is C22H19N3O3. The fourth-order valence-electron chi connectivity index (χ4n) is 2.91. The summed E-state index contributed by atoms with van der Waals surface area (Å²) < 4.78 is 11.1. The number of hydrogen-bond acceptors (Lipinski definition) is 6. The zero-order valence-electron chi connectivity index (χ0n) is 15.4. The first-order chi connectivity index (χ1) is 13.7. The Bertz CT molecular complexity index is 1080. The average molecular weight is 373 g/mol. The number of carbonyl (C=O) groups is 1. The smallest absolute Gasteiger partial charge is 0.339 e. The minimum Gasteiger partial charge on any atom is -0.493 e. The number of pyridine rings is 1. The lowest BCUT2D eigenvalue weighted by atomic mass is 10.0. The van der Waals surface area contributed by atoms with Crippen LogP contribution in [0.3, 0.4) is 0 Å². The molecule has 0 aliphatic rings. The molecule has 6 heteroatoms. The molecule has 0 fully saturated rings. The summed E-state index contributed by atoms with van der Waals surface area (Å²) in [4.78, 5) is 17.4. The summed E-state index contributed by atoms with van der Waals surface area (Å²) in [5, 5.41) is 18.6. The molecular weight excluding hydrogens is 354 g/mol. The van der Waals surface area contributed by atoms with Crippen LogP contribution >= 0.6 is 0 Å². The number of benzene rings is 2. The van der Waals surface area contributed by atoms with E-state index in [4.69, 9.17) is 20.0 Å². The van der Waals surface area contributed by atoms with Crippen molar-refractivity contribution in [3.05, 3.63) is 48.0 Å². The number of unbranched alkanes of at least 4 members (excludes halogenated alkanes) is 2. The van der Waals surface area contributed by atoms with Crippen molar-refractivity contribution in [2.24, 2.45) is 0 Å². The van der Waals surface area contributed by atoms with Gasteiger partial charge in [-0.15, -0.1) is 0 Å². The SMILES string of the molecule is N#CCCCOC(=O)c1c2ccccc2nc2cc(OCCCC#N)ccc12. The number of hydrogen-bond donors (Lipinski definition) is 0. The number of rotatable bonds is 8. The number of carbonyl (C=O) groups excluding carboxylic acids is 1. The zero-order chi connectivity index (χ0) is 19.8. The van der Waals surface area contributed by atoms with Gasteiger partial charge in [-0.1, -0.05) is 18.2 Å². The Labute approximate surface area is 162 Å². The van der Waals surface area contributed by atoms with Crippen molar-refractivity contribution in [2.45, 2.75) is 25.7 Å². The van der Waals surface area contributed by atoms with Crippen molar-refractivity contribution >= 4 is 27.8 Å². The Morgan fingerprint density at radius 1 is 0.929 bits per heavy atom. The van der Waals surface area contributed by atoms with E-state index in [1.807, 2.05) is 30.3 Å². The summed E-state index contributed by atoms with van der Waals surface area (Å²) in [5.74, 6) is 0.214. The maximum atomic E-state index is 12.8. The van der Waals surface area contributed by atoms with Gasteiger partial charge in [0, 0.05) is 29.7 Å². The Balaban J connectivity index is 1.96. The number of nitriles is 2. The normalized spacial score (nSPS) is 10.4. The maximum Gasteiger partial charge on any atom is 0.339 e. The second kappa shape index (κ2) is 9.34. The molecule has 0 aliphatic heterocycles. The molecule has 3 rings (SSSR count). The van der Waals surface area contributed by atoms with Crippen LogP contribution in [-0.2, 0) is 4.74 Å². The number of para-hydroxylation sites is 1. The monoisotopic (exact) mass is 373 g/mol. The quantitative estimate of drug-likeness (QED) is 0.327. The van der Waals surface area contributed by atoms with Crippen LogP contribution in [0.1, 0.15) is 36.0 Å². The largest absolute Gasteiger partial charge is 0.493 e. The van der Waals surface area contributed by atoms with Crippen molar-refractivity contribution in [2.75, 3.05) is 13.2 Å². The van der Waals surface area contributed by atoms with Gasteiger partial charge in [0.1, 0.15) is 5.75 Å². The number of aromatic nitrogens is 1. The molecule has 0 aliphatic carbocycles. The lowest BCUT2D eigenvalue weighted by Gasteiger charge is -2.12. The molecule has 0 N–H and O–H groups in total. The number of ether oxygens (including phenoxy) is 2. The van der Waals surface area contributed by atoms with Gasteiger partial charge < -0.3 is 9.47 Å². The van der Waals surface area contributed by atoms with Crippen molar-refractivity contribution in [1.82, 2.24) is 4.98 Å². The first-order valence-corrected chi connectivity index (χ1v) is 9.11. The molecule has 28 heavy (non-hydrogen) atoms. The summed E-state index contributed by atoms with van der Waals surface area (Å²) in [6, 6.07) is 16.9. The van der Waals surface area contributed by atoms with E-state index in [9.17, 15) is 4.79 Å². The van der Waals surface area contributed by atoms with E-state index in [-0.39, 0.29) is 6.61 Å². The second-order valence-corrected chi connectivity index (χ2v) is 6.19. The van der Waals surface area contributed by atoms with Crippen LogP contribution in [0.15, 0.2) is 42.5 Å². The van der Waals surface area contributed by atoms with Gasteiger partial charge in [-0.3, -0.25) is 0 Å². The van der Waals surface area contributed by atoms with E-state index in [0.717, 1.165) is 5.39 Å². The third-order valence-electron chi connectivity index (χ3n) is 4.22. The molecule has 0 saturated carbocycles. The minimum atomic E-state index is -0.427. The zero-order valence-corrected chi connectivity index (χ0v) is 15.4. The Morgan fingerprint density at radius 2 is 1.64 bits per heavy atom. The van der Waals surface area contributed by atoms with Gasteiger partial charge in [-0.05, 0) is 31.0 Å². The van der Waals surface area contributed by atoms with Crippen molar-refractivity contribution in [3.8, 4) is 17.9 Å². The molecule has 0 spiro atoms. The van der Waals surface area contributed by atoms with E-state index < -0.39 is 5.97 Å². The molecule has 0 bridgehead atoms. The van der Waals surface area contributed by atoms with Crippen molar-refractivity contribution in [1.29, 1.82) is 10.5 Å². The molecule has 3 aromatic rings. The summed E-state index contributed by atoms with van der Waals surface area (Å²) in [6.45, 7) is 0.644. The first-order valence-electron chi connectivity index (χ1n) is 9.11. The Morgan fingerprint density at radius 3 is 2.43 bits per heavy atom. The fraction of sp³-hybridized carbons (Fsp3) is 0.273. The predicted molar refractivity (Wildman–Crippen MR) is 105 cm³/mol. The van der Waals surface area contributed by atoms with Crippen molar-refractivity contribution in [3.63, 3.8) is 0 Å². The molecule has 0 saturated heterocycles. The minimum absolute atomic E-state index is 0.199. The van der Waals surface area contributed by atoms with Crippen LogP contribution in [-0.4, -0.2) is 24.2 Å². The molecule has 0 atom stereocenters. The summed E-state index contributed by atoms with van der Waals surface area (Å²) in [5.41, 5.74) is 1.80. The molecule has 0 radical (unpaired) electrons. The van der Waals surface area contributed by atoms with Gasteiger partial charge in [0.2, 0.25) is 0 Å². The highest BCUT2D eigenvalue weighted by atomic mass is 16.5. The fourth-order valence-corrected chi connectivity index (χ4v) is 2.91.